The lowest BCUT2D eigenvalue weighted by molar-refractivity contribution is -0.137. The second-order valence-electron chi connectivity index (χ2n) is 19.3. The maximum atomic E-state index is 16.3. The molecule has 1 unspecified atom stereocenters. The van der Waals surface area contributed by atoms with Crippen molar-refractivity contribution in [2.75, 3.05) is 30.8 Å². The summed E-state index contributed by atoms with van der Waals surface area (Å²) < 4.78 is 22.1. The zero-order chi connectivity index (χ0) is 48.1. The Balaban J connectivity index is 0.949. The maximum Gasteiger partial charge on any atom is 0.255 e. The molecule has 3 fully saturated rings. The number of nitrogens with one attached hydrogen (secondary N) is 4. The number of hydrogen-bond donors (Lipinski definition) is 4. The van der Waals surface area contributed by atoms with Gasteiger partial charge >= 0.3 is 0 Å². The average Bonchev–Trinajstić information content (AvgIpc) is 3.96. The predicted molar refractivity (Wildman–Crippen MR) is 258 cm³/mol. The number of amides is 5. The molecular weight excluding hydrogens is 907 g/mol. The lowest BCUT2D eigenvalue weighted by Crippen LogP contribution is -2.52. The first kappa shape index (κ1) is 46.7. The fourth-order valence-corrected chi connectivity index (χ4v) is 11.2. The van der Waals surface area contributed by atoms with Gasteiger partial charge in [-0.05, 0) is 115 Å². The molecule has 9 rings (SSSR count). The Morgan fingerprint density at radius 1 is 0.985 bits per heavy atom. The van der Waals surface area contributed by atoms with Gasteiger partial charge in [-0.15, -0.1) is 0 Å². The third-order valence-corrected chi connectivity index (χ3v) is 14.4. The van der Waals surface area contributed by atoms with Gasteiger partial charge in [-0.1, -0.05) is 80.1 Å². The molecule has 4 aromatic carbocycles. The molecule has 15 heteroatoms. The molecule has 3 saturated heterocycles. The molecule has 68 heavy (non-hydrogen) atoms. The number of nitrogens with zero attached hydrogens (tertiary/aromatic N) is 2. The zero-order valence-electron chi connectivity index (χ0n) is 38.2. The minimum atomic E-state index is -0.918. The van der Waals surface area contributed by atoms with Crippen molar-refractivity contribution in [3.63, 3.8) is 0 Å². The Kier molecular flexibility index (Phi) is 12.8. The summed E-state index contributed by atoms with van der Waals surface area (Å²) in [5.41, 5.74) is 3.61. The van der Waals surface area contributed by atoms with E-state index in [-0.39, 0.29) is 59.3 Å². The number of halogens is 3. The summed E-state index contributed by atoms with van der Waals surface area (Å²) >= 11 is 12.9. The molecule has 0 aliphatic carbocycles. The number of imide groups is 1. The van der Waals surface area contributed by atoms with Crippen molar-refractivity contribution >= 4 is 64.1 Å². The number of carbonyl (C=O) groups is 5. The second kappa shape index (κ2) is 18.6. The van der Waals surface area contributed by atoms with Crippen molar-refractivity contribution in [3.8, 4) is 29.4 Å². The number of methoxy groups -OCH3 is 1. The van der Waals surface area contributed by atoms with Crippen LogP contribution >= 0.6 is 23.2 Å². The van der Waals surface area contributed by atoms with E-state index in [1.807, 2.05) is 18.2 Å². The summed E-state index contributed by atoms with van der Waals surface area (Å²) in [5, 5.41) is 13.1. The quantitative estimate of drug-likeness (QED) is 0.108. The highest BCUT2D eigenvalue weighted by molar-refractivity contribution is 6.31. The van der Waals surface area contributed by atoms with Crippen LogP contribution in [0.15, 0.2) is 72.8 Å². The average molecular weight is 958 g/mol. The van der Waals surface area contributed by atoms with Gasteiger partial charge in [0.15, 0.2) is 0 Å². The van der Waals surface area contributed by atoms with E-state index < -0.39 is 47.1 Å². The highest BCUT2D eigenvalue weighted by Crippen LogP contribution is 2.57. The largest absolute Gasteiger partial charge is 0.495 e. The summed E-state index contributed by atoms with van der Waals surface area (Å²) in [7, 11) is 1.47. The van der Waals surface area contributed by atoms with Gasteiger partial charge in [0.05, 0.1) is 29.9 Å². The van der Waals surface area contributed by atoms with Crippen molar-refractivity contribution < 1.29 is 33.1 Å². The highest BCUT2D eigenvalue weighted by Gasteiger charge is 2.61. The molecule has 0 aromatic heterocycles. The zero-order valence-corrected chi connectivity index (χ0v) is 39.7. The Morgan fingerprint density at radius 3 is 2.57 bits per heavy atom. The molecule has 350 valence electrons. The van der Waals surface area contributed by atoms with Crippen molar-refractivity contribution in [3.05, 3.63) is 122 Å². The fourth-order valence-electron chi connectivity index (χ4n) is 10.8. The van der Waals surface area contributed by atoms with Gasteiger partial charge in [0, 0.05) is 70.8 Å². The Morgan fingerprint density at radius 2 is 1.79 bits per heavy atom. The monoisotopic (exact) mass is 956 g/mol. The molecule has 5 amide bonds. The minimum Gasteiger partial charge on any atom is -0.495 e. The molecule has 12 nitrogen and oxygen atoms in total. The van der Waals surface area contributed by atoms with E-state index >= 15 is 4.39 Å². The van der Waals surface area contributed by atoms with Crippen LogP contribution in [0, 0.1) is 34.9 Å². The van der Waals surface area contributed by atoms with Crippen molar-refractivity contribution in [2.45, 2.75) is 101 Å². The van der Waals surface area contributed by atoms with Crippen molar-refractivity contribution in [2.24, 2.45) is 5.41 Å². The number of benzene rings is 4. The van der Waals surface area contributed by atoms with Gasteiger partial charge < -0.3 is 30.5 Å². The maximum absolute atomic E-state index is 16.3. The molecule has 0 bridgehead atoms. The number of fused-ring (bicyclic) bond motifs is 3. The van der Waals surface area contributed by atoms with Crippen LogP contribution in [0.1, 0.15) is 108 Å². The normalized spacial score (nSPS) is 24.0. The number of anilines is 2. The van der Waals surface area contributed by atoms with Crippen LogP contribution in [0.25, 0.3) is 0 Å². The third kappa shape index (κ3) is 8.68. The molecule has 0 saturated carbocycles. The van der Waals surface area contributed by atoms with Crippen molar-refractivity contribution in [1.29, 1.82) is 0 Å². The van der Waals surface area contributed by atoms with Crippen LogP contribution in [-0.4, -0.2) is 83.7 Å². The Bertz CT molecular complexity index is 2900. The lowest BCUT2D eigenvalue weighted by atomic mass is 9.63. The van der Waals surface area contributed by atoms with E-state index in [0.717, 1.165) is 24.1 Å². The van der Waals surface area contributed by atoms with Crippen LogP contribution in [0.5, 0.6) is 5.75 Å². The summed E-state index contributed by atoms with van der Waals surface area (Å²) in [6.07, 6.45) is 3.40. The van der Waals surface area contributed by atoms with Gasteiger partial charge in [-0.2, -0.15) is 0 Å². The van der Waals surface area contributed by atoms with E-state index in [0.29, 0.717) is 64.5 Å². The van der Waals surface area contributed by atoms with Gasteiger partial charge in [-0.3, -0.25) is 29.3 Å². The third-order valence-electron chi connectivity index (χ3n) is 13.9. The number of carbonyl (C=O) groups excluding carboxylic acids is 5. The summed E-state index contributed by atoms with van der Waals surface area (Å²) in [6.45, 7) is 7.51. The smallest absolute Gasteiger partial charge is 0.255 e. The van der Waals surface area contributed by atoms with E-state index in [9.17, 15) is 24.0 Å². The van der Waals surface area contributed by atoms with Crippen LogP contribution < -0.4 is 26.0 Å². The molecule has 5 aliphatic rings. The number of ether oxygens (including phenoxy) is 1. The number of piperidine rings is 2. The highest BCUT2D eigenvalue weighted by atomic mass is 35.5. The number of likely N-dealkylation sites (tertiary alicyclic amines) is 1. The Labute approximate surface area is 405 Å². The molecule has 5 aliphatic heterocycles. The van der Waals surface area contributed by atoms with Crippen LogP contribution in [0.4, 0.5) is 15.8 Å². The summed E-state index contributed by atoms with van der Waals surface area (Å²) in [6, 6.07) is 18.4. The standard InChI is InChI=1S/C53H51Cl2FN6O6/c1-52(2,3)27-43-53(29-57-40-26-32(54)19-20-37(40)53)45(35-16-10-17-38(55)46(35)56)47(59-43)49(65)58-39-21-18-31(25-42(39)68-4)50(66)61-24-8-7-14-33(61)13-6-5-11-30-12-9-15-34-36(30)28-62(51(34)67)41-22-23-44(63)60-48(41)64/h9-10,12,15-21,25-26,33,41,43,45,47,57,59H,7-8,14,22-24,27-29H2,1-4H3,(H,58,65)(H,60,63,64)/t33-,41?,43-,45-,47+,53-/m0/s1. The predicted octanol–water partition coefficient (Wildman–Crippen LogP) is 7.81. The molecule has 5 heterocycles. The second-order valence-corrected chi connectivity index (χ2v) is 20.2. The first-order chi connectivity index (χ1) is 32.6. The van der Waals surface area contributed by atoms with Gasteiger partial charge in [0.1, 0.15) is 17.6 Å². The van der Waals surface area contributed by atoms with Crippen LogP contribution in [-0.2, 0) is 26.3 Å². The topological polar surface area (TPSA) is 149 Å². The molecule has 1 spiro atoms. The molecule has 4 aromatic rings. The Hall–Kier alpha value is -6.38. The summed E-state index contributed by atoms with van der Waals surface area (Å²) in [5.74, 6) is 9.35. The minimum absolute atomic E-state index is 0.0365. The first-order valence-electron chi connectivity index (χ1n) is 22.9. The van der Waals surface area contributed by atoms with E-state index in [1.165, 1.54) is 18.1 Å². The molecule has 6 atom stereocenters. The first-order valence-corrected chi connectivity index (χ1v) is 23.7. The van der Waals surface area contributed by atoms with Crippen LogP contribution in [0.3, 0.4) is 0 Å². The molecule has 4 N–H and O–H groups in total. The number of rotatable bonds is 7. The van der Waals surface area contributed by atoms with Crippen LogP contribution in [0.2, 0.25) is 10.0 Å². The van der Waals surface area contributed by atoms with Gasteiger partial charge in [0.25, 0.3) is 11.8 Å². The van der Waals surface area contributed by atoms with E-state index in [2.05, 4.69) is 65.7 Å². The number of hydrogen-bond acceptors (Lipinski definition) is 8. The fraction of sp³-hybridized carbons (Fsp3) is 0.377. The van der Waals surface area contributed by atoms with Gasteiger partial charge in [0.2, 0.25) is 17.7 Å². The van der Waals surface area contributed by atoms with E-state index in [4.69, 9.17) is 27.9 Å². The SMILES string of the molecule is COc1cc(C(=O)N2CCCC[C@@H]2C#CC#Cc2cccc3c2CN(C2CCC(=O)NC2=O)C3=O)ccc1NC(=O)[C@@H]1N[C@@H](CC(C)(C)C)[C@@]2(CNc3cc(Cl)ccc32)[C@H]1c1cccc(Cl)c1F. The van der Waals surface area contributed by atoms with Gasteiger partial charge in [-0.25, -0.2) is 4.39 Å². The van der Waals surface area contributed by atoms with E-state index in [1.54, 1.807) is 53.4 Å². The molecular formula is C53H51Cl2FN6O6. The molecule has 0 radical (unpaired) electrons. The lowest BCUT2D eigenvalue weighted by Gasteiger charge is -2.39. The van der Waals surface area contributed by atoms with Crippen molar-refractivity contribution in [1.82, 2.24) is 20.4 Å². The summed E-state index contributed by atoms with van der Waals surface area (Å²) in [4.78, 5) is 69.8.